The van der Waals surface area contributed by atoms with Crippen LogP contribution < -0.4 is 16.4 Å². The van der Waals surface area contributed by atoms with Crippen molar-refractivity contribution in [3.8, 4) is 0 Å². The van der Waals surface area contributed by atoms with Crippen LogP contribution in [0, 0.1) is 6.92 Å². The molecule has 22 heavy (non-hydrogen) atoms. The van der Waals surface area contributed by atoms with Gasteiger partial charge in [0, 0.05) is 22.8 Å². The Hall–Kier alpha value is -2.53. The highest BCUT2D eigenvalue weighted by atomic mass is 35.5. The summed E-state index contributed by atoms with van der Waals surface area (Å²) >= 11 is 5.80. The molecule has 3 amide bonds. The first-order valence-corrected chi connectivity index (χ1v) is 7.03. The van der Waals surface area contributed by atoms with Crippen LogP contribution in [0.4, 0.5) is 10.5 Å². The van der Waals surface area contributed by atoms with E-state index in [4.69, 9.17) is 17.3 Å². The first-order valence-electron chi connectivity index (χ1n) is 6.65. The van der Waals surface area contributed by atoms with Crippen LogP contribution in [0.3, 0.4) is 0 Å². The third kappa shape index (κ3) is 4.23. The lowest BCUT2D eigenvalue weighted by Gasteiger charge is -2.10. The van der Waals surface area contributed by atoms with Crippen molar-refractivity contribution < 1.29 is 9.59 Å². The molecular weight excluding hydrogens is 302 g/mol. The van der Waals surface area contributed by atoms with E-state index in [-0.39, 0.29) is 6.03 Å². The van der Waals surface area contributed by atoms with E-state index in [9.17, 15) is 9.59 Å². The van der Waals surface area contributed by atoms with Gasteiger partial charge in [-0.25, -0.2) is 4.79 Å². The summed E-state index contributed by atoms with van der Waals surface area (Å²) < 4.78 is 0. The molecule has 0 saturated carbocycles. The minimum Gasteiger partial charge on any atom is -0.366 e. The monoisotopic (exact) mass is 317 g/mol. The molecule has 5 nitrogen and oxygen atoms in total. The number of halogens is 1. The lowest BCUT2D eigenvalue weighted by Crippen LogP contribution is -2.28. The molecule has 2 aromatic carbocycles. The van der Waals surface area contributed by atoms with Crippen LogP contribution >= 0.6 is 11.6 Å². The van der Waals surface area contributed by atoms with Gasteiger partial charge in [0.1, 0.15) is 0 Å². The molecule has 2 aromatic rings. The molecule has 0 aromatic heterocycles. The summed E-state index contributed by atoms with van der Waals surface area (Å²) in [6.45, 7) is 2.15. The maximum Gasteiger partial charge on any atom is 0.319 e. The summed E-state index contributed by atoms with van der Waals surface area (Å²) in [7, 11) is 0. The van der Waals surface area contributed by atoms with E-state index < -0.39 is 5.91 Å². The van der Waals surface area contributed by atoms with E-state index in [2.05, 4.69) is 10.6 Å². The number of primary amides is 1. The number of amides is 3. The predicted molar refractivity (Wildman–Crippen MR) is 87.0 cm³/mol. The number of hydrogen-bond donors (Lipinski definition) is 3. The van der Waals surface area contributed by atoms with Crippen molar-refractivity contribution >= 4 is 29.2 Å². The van der Waals surface area contributed by atoms with E-state index in [0.717, 1.165) is 11.1 Å². The van der Waals surface area contributed by atoms with E-state index in [1.807, 2.05) is 12.1 Å². The zero-order valence-corrected chi connectivity index (χ0v) is 12.8. The highest BCUT2D eigenvalue weighted by Gasteiger charge is 2.08. The van der Waals surface area contributed by atoms with Crippen molar-refractivity contribution in [3.05, 3.63) is 64.2 Å². The SMILES string of the molecule is Cc1ccc(NC(=O)NCc2ccc(Cl)cc2)cc1C(N)=O. The molecule has 0 aliphatic heterocycles. The van der Waals surface area contributed by atoms with Crippen LogP contribution in [-0.2, 0) is 6.54 Å². The van der Waals surface area contributed by atoms with Gasteiger partial charge in [0.15, 0.2) is 0 Å². The minimum absolute atomic E-state index is 0.366. The average molecular weight is 318 g/mol. The van der Waals surface area contributed by atoms with E-state index in [0.29, 0.717) is 22.8 Å². The Kier molecular flexibility index (Phi) is 5.01. The fourth-order valence-corrected chi connectivity index (χ4v) is 2.05. The number of benzene rings is 2. The van der Waals surface area contributed by atoms with Gasteiger partial charge in [0.2, 0.25) is 5.91 Å². The number of rotatable bonds is 4. The summed E-state index contributed by atoms with van der Waals surface area (Å²) in [5, 5.41) is 6.03. The number of aryl methyl sites for hydroxylation is 1. The molecule has 6 heteroatoms. The van der Waals surface area contributed by atoms with Crippen molar-refractivity contribution in [1.82, 2.24) is 5.32 Å². The van der Waals surface area contributed by atoms with Crippen molar-refractivity contribution in [2.75, 3.05) is 5.32 Å². The molecule has 0 aliphatic rings. The molecule has 0 spiro atoms. The molecule has 0 unspecified atom stereocenters. The maximum atomic E-state index is 11.9. The van der Waals surface area contributed by atoms with Crippen LogP contribution in [0.2, 0.25) is 5.02 Å². The van der Waals surface area contributed by atoms with Gasteiger partial charge >= 0.3 is 6.03 Å². The second-order valence-corrected chi connectivity index (χ2v) is 5.26. The lowest BCUT2D eigenvalue weighted by molar-refractivity contribution is 0.0999. The third-order valence-corrected chi connectivity index (χ3v) is 3.38. The normalized spacial score (nSPS) is 10.1. The highest BCUT2D eigenvalue weighted by Crippen LogP contribution is 2.15. The van der Waals surface area contributed by atoms with E-state index in [1.54, 1.807) is 37.3 Å². The van der Waals surface area contributed by atoms with Crippen molar-refractivity contribution in [2.24, 2.45) is 5.73 Å². The van der Waals surface area contributed by atoms with Crippen molar-refractivity contribution in [3.63, 3.8) is 0 Å². The predicted octanol–water partition coefficient (Wildman–Crippen LogP) is 3.07. The molecule has 0 aliphatic carbocycles. The van der Waals surface area contributed by atoms with Crippen LogP contribution in [0.15, 0.2) is 42.5 Å². The number of nitrogens with one attached hydrogen (secondary N) is 2. The molecule has 114 valence electrons. The van der Waals surface area contributed by atoms with Gasteiger partial charge in [-0.1, -0.05) is 29.8 Å². The number of anilines is 1. The van der Waals surface area contributed by atoms with Crippen molar-refractivity contribution in [2.45, 2.75) is 13.5 Å². The van der Waals surface area contributed by atoms with Crippen LogP contribution in [0.5, 0.6) is 0 Å². The number of nitrogens with two attached hydrogens (primary N) is 1. The lowest BCUT2D eigenvalue weighted by atomic mass is 10.1. The second kappa shape index (κ2) is 6.95. The third-order valence-electron chi connectivity index (χ3n) is 3.13. The molecular formula is C16H16ClN3O2. The topological polar surface area (TPSA) is 84.2 Å². The molecule has 0 radical (unpaired) electrons. The Morgan fingerprint density at radius 1 is 1.14 bits per heavy atom. The smallest absolute Gasteiger partial charge is 0.319 e. The quantitative estimate of drug-likeness (QED) is 0.809. The maximum absolute atomic E-state index is 11.9. The Labute approximate surface area is 133 Å². The molecule has 0 fully saturated rings. The van der Waals surface area contributed by atoms with Gasteiger partial charge in [0.05, 0.1) is 0 Å². The largest absolute Gasteiger partial charge is 0.366 e. The molecule has 0 saturated heterocycles. The Morgan fingerprint density at radius 3 is 2.45 bits per heavy atom. The summed E-state index contributed by atoms with van der Waals surface area (Å²) in [4.78, 5) is 23.1. The zero-order valence-electron chi connectivity index (χ0n) is 12.0. The van der Waals surface area contributed by atoms with E-state index >= 15 is 0 Å². The molecule has 0 heterocycles. The number of urea groups is 1. The molecule has 2 rings (SSSR count). The fourth-order valence-electron chi connectivity index (χ4n) is 1.93. The Balaban J connectivity index is 1.96. The summed E-state index contributed by atoms with van der Waals surface area (Å²) in [5.74, 6) is -0.525. The molecule has 0 atom stereocenters. The van der Waals surface area contributed by atoms with Crippen LogP contribution in [0.25, 0.3) is 0 Å². The number of hydrogen-bond acceptors (Lipinski definition) is 2. The van der Waals surface area contributed by atoms with Gasteiger partial charge in [0.25, 0.3) is 0 Å². The summed E-state index contributed by atoms with van der Waals surface area (Å²) in [6.07, 6.45) is 0. The first-order chi connectivity index (χ1) is 10.5. The van der Waals surface area contributed by atoms with Gasteiger partial charge in [-0.15, -0.1) is 0 Å². The number of carbonyl (C=O) groups is 2. The van der Waals surface area contributed by atoms with Crippen LogP contribution in [0.1, 0.15) is 21.5 Å². The van der Waals surface area contributed by atoms with Gasteiger partial charge < -0.3 is 16.4 Å². The molecule has 0 bridgehead atoms. The van der Waals surface area contributed by atoms with Gasteiger partial charge in [-0.2, -0.15) is 0 Å². The summed E-state index contributed by atoms with van der Waals surface area (Å²) in [6, 6.07) is 11.8. The minimum atomic E-state index is -0.525. The van der Waals surface area contributed by atoms with Crippen molar-refractivity contribution in [1.29, 1.82) is 0 Å². The highest BCUT2D eigenvalue weighted by molar-refractivity contribution is 6.30. The van der Waals surface area contributed by atoms with Crippen LogP contribution in [-0.4, -0.2) is 11.9 Å². The Bertz CT molecular complexity index is 699. The first kappa shape index (κ1) is 15.9. The Morgan fingerprint density at radius 2 is 1.82 bits per heavy atom. The average Bonchev–Trinajstić information content (AvgIpc) is 2.48. The zero-order chi connectivity index (χ0) is 16.1. The second-order valence-electron chi connectivity index (χ2n) is 4.83. The standard InChI is InChI=1S/C16H16ClN3O2/c1-10-2-7-13(8-14(10)15(18)21)20-16(22)19-9-11-3-5-12(17)6-4-11/h2-8H,9H2,1H3,(H2,18,21)(H2,19,20,22). The number of carbonyl (C=O) groups excluding carboxylic acids is 2. The van der Waals surface area contributed by atoms with E-state index in [1.165, 1.54) is 0 Å². The molecule has 4 N–H and O–H groups in total. The fraction of sp³-hybridized carbons (Fsp3) is 0.125. The van der Waals surface area contributed by atoms with Gasteiger partial charge in [-0.05, 0) is 42.3 Å². The van der Waals surface area contributed by atoms with Gasteiger partial charge in [-0.3, -0.25) is 4.79 Å². The summed E-state index contributed by atoms with van der Waals surface area (Å²) in [5.41, 5.74) is 7.87.